The van der Waals surface area contributed by atoms with Gasteiger partial charge in [0.2, 0.25) is 0 Å². The summed E-state index contributed by atoms with van der Waals surface area (Å²) in [7, 11) is 1.98. The number of carbonyl (C=O) groups excluding carboxylic acids is 2. The van der Waals surface area contributed by atoms with Crippen LogP contribution >= 0.6 is 11.3 Å². The second kappa shape index (κ2) is 23.3. The second-order valence-corrected chi connectivity index (χ2v) is 11.5. The van der Waals surface area contributed by atoms with Crippen LogP contribution in [0.2, 0.25) is 0 Å². The number of benzene rings is 2. The first-order chi connectivity index (χ1) is 23.4. The number of rotatable bonds is 6. The van der Waals surface area contributed by atoms with Gasteiger partial charge in [0.05, 0.1) is 18.6 Å². The Kier molecular flexibility index (Phi) is 21.0. The SMILES string of the molecule is C=C.C=O.CC.CC=N.CN1C=C(c2ccc(CNC(=O)c3cccn(Cc4ccc(F)c(F)c4)c3=O)s2)C(C)(N)C1.Cc1ccccc1. The first kappa shape index (κ1) is 44.0. The van der Waals surface area contributed by atoms with Gasteiger partial charge >= 0.3 is 0 Å². The standard InChI is InChI=1S/C24H24F2N4O2S.C7H8.C2H5N.C2H6.C2H4.CH2O/c1-24(27)14-29(2)13-18(24)21-8-6-16(33-21)11-28-22(31)17-4-3-9-30(23(17)32)12-15-5-7-19(25)20(26)10-15;1-7-5-3-2-4-6-7;1-2-3;3*1-2/h3-10,13H,11-12,14,27H2,1-2H3,(H,28,31);2-6H,1H3;2-3H,1H3;1-2H3;1-2H2;1H2. The normalized spacial score (nSPS) is 13.8. The highest BCUT2D eigenvalue weighted by Crippen LogP contribution is 2.35. The van der Waals surface area contributed by atoms with E-state index in [0.29, 0.717) is 5.56 Å². The molecule has 0 spiro atoms. The number of amides is 1. The molecule has 0 bridgehead atoms. The molecule has 49 heavy (non-hydrogen) atoms. The monoisotopic (exact) mass is 693 g/mol. The van der Waals surface area contributed by atoms with E-state index >= 15 is 0 Å². The van der Waals surface area contributed by atoms with Crippen LogP contribution in [0.5, 0.6) is 0 Å². The molecule has 2 aromatic carbocycles. The summed E-state index contributed by atoms with van der Waals surface area (Å²) in [5.41, 5.74) is 8.22. The van der Waals surface area contributed by atoms with Crippen LogP contribution in [-0.4, -0.2) is 47.5 Å². The molecule has 0 saturated heterocycles. The van der Waals surface area contributed by atoms with Gasteiger partial charge in [-0.2, -0.15) is 0 Å². The molecule has 4 N–H and O–H groups in total. The Balaban J connectivity index is 0.00000121. The first-order valence-corrected chi connectivity index (χ1v) is 16.2. The van der Waals surface area contributed by atoms with E-state index in [1.54, 1.807) is 24.3 Å². The third-order valence-corrected chi connectivity index (χ3v) is 7.55. The highest BCUT2D eigenvalue weighted by atomic mass is 32.1. The molecule has 0 aliphatic carbocycles. The van der Waals surface area contributed by atoms with Gasteiger partial charge in [-0.3, -0.25) is 9.59 Å². The number of hydrogen-bond acceptors (Lipinski definition) is 7. The fourth-order valence-electron chi connectivity index (χ4n) is 4.45. The molecule has 1 aliphatic rings. The Morgan fingerprint density at radius 2 is 1.65 bits per heavy atom. The van der Waals surface area contributed by atoms with Crippen molar-refractivity contribution in [3.8, 4) is 0 Å². The zero-order valence-electron chi connectivity index (χ0n) is 29.3. The summed E-state index contributed by atoms with van der Waals surface area (Å²) in [6.07, 6.45) is 4.79. The van der Waals surface area contributed by atoms with Gasteiger partial charge in [0, 0.05) is 41.3 Å². The fraction of sp³-hybridized carbons (Fsp3) is 0.263. The zero-order chi connectivity index (χ0) is 37.6. The lowest BCUT2D eigenvalue weighted by Crippen LogP contribution is -2.41. The van der Waals surface area contributed by atoms with Crippen LogP contribution in [0.15, 0.2) is 103 Å². The van der Waals surface area contributed by atoms with Gasteiger partial charge < -0.3 is 30.7 Å². The van der Waals surface area contributed by atoms with Crippen LogP contribution in [0.4, 0.5) is 8.78 Å². The summed E-state index contributed by atoms with van der Waals surface area (Å²) < 4.78 is 27.9. The molecule has 0 fully saturated rings. The summed E-state index contributed by atoms with van der Waals surface area (Å²) in [6, 6.07) is 20.6. The minimum atomic E-state index is -0.986. The number of aryl methyl sites for hydroxylation is 1. The molecule has 2 aromatic heterocycles. The third kappa shape index (κ3) is 14.3. The third-order valence-electron chi connectivity index (χ3n) is 6.44. The molecule has 8 nitrogen and oxygen atoms in total. The van der Waals surface area contributed by atoms with Gasteiger partial charge in [0.15, 0.2) is 11.6 Å². The fourth-order valence-corrected chi connectivity index (χ4v) is 5.54. The van der Waals surface area contributed by atoms with Crippen molar-refractivity contribution in [2.45, 2.75) is 53.2 Å². The van der Waals surface area contributed by atoms with Crippen LogP contribution in [-0.2, 0) is 17.9 Å². The van der Waals surface area contributed by atoms with Crippen molar-refractivity contribution in [2.75, 3.05) is 13.6 Å². The predicted octanol–water partition coefficient (Wildman–Crippen LogP) is 7.46. The summed E-state index contributed by atoms with van der Waals surface area (Å²) in [5, 5.41) is 8.87. The van der Waals surface area contributed by atoms with Crippen LogP contribution in [0, 0.1) is 24.0 Å². The number of nitrogens with two attached hydrogens (primary N) is 1. The molecule has 0 radical (unpaired) electrons. The van der Waals surface area contributed by atoms with Crippen LogP contribution in [0.25, 0.3) is 5.57 Å². The molecule has 5 rings (SSSR count). The molecule has 4 aromatic rings. The zero-order valence-corrected chi connectivity index (χ0v) is 30.1. The smallest absolute Gasteiger partial charge is 0.263 e. The predicted molar refractivity (Wildman–Crippen MR) is 200 cm³/mol. The van der Waals surface area contributed by atoms with Gasteiger partial charge in [-0.1, -0.05) is 55.8 Å². The Morgan fingerprint density at radius 3 is 2.16 bits per heavy atom. The maximum Gasteiger partial charge on any atom is 0.263 e. The van der Waals surface area contributed by atoms with E-state index in [0.717, 1.165) is 34.0 Å². The Morgan fingerprint density at radius 1 is 1.04 bits per heavy atom. The maximum atomic E-state index is 13.5. The Bertz CT molecular complexity index is 1670. The van der Waals surface area contributed by atoms with Crippen molar-refractivity contribution in [3.05, 3.63) is 147 Å². The number of pyridine rings is 1. The topological polar surface area (TPSA) is 121 Å². The van der Waals surface area contributed by atoms with Gasteiger partial charge in [0.1, 0.15) is 12.4 Å². The van der Waals surface area contributed by atoms with Crippen LogP contribution < -0.4 is 16.6 Å². The average molecular weight is 694 g/mol. The number of thiophene rings is 1. The van der Waals surface area contributed by atoms with E-state index in [2.05, 4.69) is 42.4 Å². The quantitative estimate of drug-likeness (QED) is 0.143. The summed E-state index contributed by atoms with van der Waals surface area (Å²) >= 11 is 1.54. The number of likely N-dealkylation sites (N-methyl/N-ethyl adjacent to an activating group) is 1. The van der Waals surface area contributed by atoms with Crippen molar-refractivity contribution >= 4 is 35.8 Å². The lowest BCUT2D eigenvalue weighted by molar-refractivity contribution is -0.0980. The van der Waals surface area contributed by atoms with Crippen molar-refractivity contribution < 1.29 is 18.4 Å². The van der Waals surface area contributed by atoms with Gasteiger partial charge in [0.25, 0.3) is 11.5 Å². The molecule has 3 heterocycles. The van der Waals surface area contributed by atoms with Crippen molar-refractivity contribution in [2.24, 2.45) is 5.73 Å². The van der Waals surface area contributed by atoms with Gasteiger partial charge in [-0.05, 0) is 68.9 Å². The van der Waals surface area contributed by atoms with Gasteiger partial charge in [-0.25, -0.2) is 8.78 Å². The minimum Gasteiger partial charge on any atom is -0.378 e. The number of halogens is 2. The molecule has 1 amide bonds. The molecule has 264 valence electrons. The van der Waals surface area contributed by atoms with E-state index in [1.165, 1.54) is 34.7 Å². The molecule has 11 heteroatoms. The highest BCUT2D eigenvalue weighted by molar-refractivity contribution is 7.13. The maximum absolute atomic E-state index is 13.5. The molecule has 1 unspecified atom stereocenters. The van der Waals surface area contributed by atoms with E-state index < -0.39 is 28.6 Å². The van der Waals surface area contributed by atoms with Crippen molar-refractivity contribution in [3.63, 3.8) is 0 Å². The summed E-state index contributed by atoms with van der Waals surface area (Å²) in [4.78, 5) is 37.5. The summed E-state index contributed by atoms with van der Waals surface area (Å²) in [6.45, 7) is 18.8. The highest BCUT2D eigenvalue weighted by Gasteiger charge is 2.32. The van der Waals surface area contributed by atoms with Crippen LogP contribution in [0.3, 0.4) is 0 Å². The number of aromatic nitrogens is 1. The molecule has 1 atom stereocenters. The van der Waals surface area contributed by atoms with E-state index in [1.807, 2.05) is 71.1 Å². The van der Waals surface area contributed by atoms with Crippen molar-refractivity contribution in [1.82, 2.24) is 14.8 Å². The molecular weight excluding hydrogens is 645 g/mol. The number of nitrogens with zero attached hydrogens (tertiary/aromatic N) is 2. The van der Waals surface area contributed by atoms with Crippen molar-refractivity contribution in [1.29, 1.82) is 5.41 Å². The van der Waals surface area contributed by atoms with Gasteiger partial charge in [-0.15, -0.1) is 24.5 Å². The number of carbonyl (C=O) groups is 2. The second-order valence-electron chi connectivity index (χ2n) is 10.4. The van der Waals surface area contributed by atoms with E-state index in [4.69, 9.17) is 15.9 Å². The molecule has 1 aliphatic heterocycles. The Hall–Kier alpha value is -5.00. The van der Waals surface area contributed by atoms with Crippen LogP contribution in [0.1, 0.15) is 58.9 Å². The number of hydrogen-bond donors (Lipinski definition) is 3. The lowest BCUT2D eigenvalue weighted by Gasteiger charge is -2.22. The average Bonchev–Trinajstić information content (AvgIpc) is 3.68. The lowest BCUT2D eigenvalue weighted by atomic mass is 9.95. The first-order valence-electron chi connectivity index (χ1n) is 15.4. The summed E-state index contributed by atoms with van der Waals surface area (Å²) in [5.74, 6) is -2.44. The van der Waals surface area contributed by atoms with E-state index in [9.17, 15) is 18.4 Å². The van der Waals surface area contributed by atoms with E-state index in [-0.39, 0.29) is 18.7 Å². The molecular formula is C38H49F2N5O3S. The molecule has 0 saturated carbocycles. The minimum absolute atomic E-state index is 0.0207. The Labute approximate surface area is 293 Å². The largest absolute Gasteiger partial charge is 0.378 e. The number of nitrogens with one attached hydrogen (secondary N) is 2.